The van der Waals surface area contributed by atoms with Crippen LogP contribution in [0.4, 0.5) is 19.0 Å². The number of nitrogens with zero attached hydrogens (tertiary/aromatic N) is 4. The normalized spacial score (nSPS) is 11.6. The van der Waals surface area contributed by atoms with Crippen LogP contribution in [0.25, 0.3) is 5.82 Å². The molecular weight excluding hydrogens is 247 g/mol. The van der Waals surface area contributed by atoms with Gasteiger partial charge in [0.1, 0.15) is 18.0 Å². The number of hydrogen-bond donors (Lipinski definition) is 1. The Balaban J connectivity index is 2.50. The van der Waals surface area contributed by atoms with Crippen LogP contribution in [0.1, 0.15) is 12.7 Å². The minimum Gasteiger partial charge on any atom is -0.370 e. The first-order valence-electron chi connectivity index (χ1n) is 5.19. The molecule has 8 heteroatoms. The van der Waals surface area contributed by atoms with E-state index in [0.717, 1.165) is 0 Å². The van der Waals surface area contributed by atoms with Crippen LogP contribution in [0.5, 0.6) is 0 Å². The molecule has 18 heavy (non-hydrogen) atoms. The third-order valence-electron chi connectivity index (χ3n) is 2.09. The van der Waals surface area contributed by atoms with Gasteiger partial charge in [-0.2, -0.15) is 13.2 Å². The molecule has 96 valence electrons. The van der Waals surface area contributed by atoms with Gasteiger partial charge in [0.05, 0.1) is 0 Å². The Morgan fingerprint density at radius 1 is 1.33 bits per heavy atom. The van der Waals surface area contributed by atoms with E-state index < -0.39 is 12.0 Å². The summed E-state index contributed by atoms with van der Waals surface area (Å²) in [6.45, 7) is 2.24. The van der Waals surface area contributed by atoms with Crippen LogP contribution in [0.15, 0.2) is 24.8 Å². The molecular formula is C10H10F3N5. The second-order valence-electron chi connectivity index (χ2n) is 3.43. The molecule has 1 N–H and O–H groups in total. The molecule has 0 saturated heterocycles. The molecule has 0 aliphatic heterocycles. The molecule has 0 amide bonds. The number of imidazole rings is 1. The summed E-state index contributed by atoms with van der Waals surface area (Å²) in [4.78, 5) is 10.7. The number of aromatic nitrogens is 4. The highest BCUT2D eigenvalue weighted by Crippen LogP contribution is 2.27. The van der Waals surface area contributed by atoms with Gasteiger partial charge < -0.3 is 5.32 Å². The number of hydrogen-bond acceptors (Lipinski definition) is 4. The fourth-order valence-corrected chi connectivity index (χ4v) is 1.36. The molecule has 5 nitrogen and oxygen atoms in total. The van der Waals surface area contributed by atoms with E-state index in [0.29, 0.717) is 6.54 Å². The second-order valence-corrected chi connectivity index (χ2v) is 3.43. The number of nitrogens with one attached hydrogen (secondary N) is 1. The van der Waals surface area contributed by atoms with Crippen LogP contribution in [-0.2, 0) is 6.18 Å². The maximum atomic E-state index is 12.7. The monoisotopic (exact) mass is 257 g/mol. The molecule has 0 saturated carbocycles. The molecule has 0 bridgehead atoms. The van der Waals surface area contributed by atoms with E-state index in [2.05, 4.69) is 20.3 Å². The summed E-state index contributed by atoms with van der Waals surface area (Å²) >= 11 is 0. The maximum Gasteiger partial charge on any atom is 0.451 e. The highest BCUT2D eigenvalue weighted by Gasteiger charge is 2.35. The Bertz CT molecular complexity index is 521. The van der Waals surface area contributed by atoms with Gasteiger partial charge in [0.2, 0.25) is 5.82 Å². The van der Waals surface area contributed by atoms with Gasteiger partial charge in [0, 0.05) is 25.0 Å². The zero-order valence-electron chi connectivity index (χ0n) is 9.44. The maximum absolute atomic E-state index is 12.7. The fraction of sp³-hybridized carbons (Fsp3) is 0.300. The van der Waals surface area contributed by atoms with E-state index in [1.165, 1.54) is 29.4 Å². The van der Waals surface area contributed by atoms with Crippen molar-refractivity contribution < 1.29 is 13.2 Å². The fourth-order valence-electron chi connectivity index (χ4n) is 1.36. The van der Waals surface area contributed by atoms with Crippen LogP contribution in [-0.4, -0.2) is 26.1 Å². The van der Waals surface area contributed by atoms with E-state index in [1.807, 2.05) is 0 Å². The lowest BCUT2D eigenvalue weighted by Crippen LogP contribution is -2.15. The summed E-state index contributed by atoms with van der Waals surface area (Å²) in [7, 11) is 0. The Kier molecular flexibility index (Phi) is 3.17. The van der Waals surface area contributed by atoms with Gasteiger partial charge in [-0.1, -0.05) is 0 Å². The SMILES string of the molecule is CCNc1cc(-n2ccnc2)nc(C(F)(F)F)n1. The first-order chi connectivity index (χ1) is 8.50. The molecule has 0 aliphatic rings. The first-order valence-corrected chi connectivity index (χ1v) is 5.19. The second kappa shape index (κ2) is 4.63. The minimum absolute atomic E-state index is 0.116. The standard InChI is InChI=1S/C10H10F3N5/c1-2-15-7-5-8(18-4-3-14-6-18)17-9(16-7)10(11,12)13/h3-6H,2H2,1H3,(H,15,16,17). The molecule has 2 heterocycles. The lowest BCUT2D eigenvalue weighted by Gasteiger charge is -2.10. The van der Waals surface area contributed by atoms with Gasteiger partial charge in [-0.15, -0.1) is 0 Å². The predicted octanol–water partition coefficient (Wildman–Crippen LogP) is 2.11. The van der Waals surface area contributed by atoms with Crippen LogP contribution >= 0.6 is 0 Å². The Hall–Kier alpha value is -2.12. The average molecular weight is 257 g/mol. The van der Waals surface area contributed by atoms with Gasteiger partial charge in [-0.3, -0.25) is 4.57 Å². The first kappa shape index (κ1) is 12.3. The van der Waals surface area contributed by atoms with Crippen LogP contribution in [0, 0.1) is 0 Å². The van der Waals surface area contributed by atoms with E-state index in [-0.39, 0.29) is 11.6 Å². The van der Waals surface area contributed by atoms with Crippen molar-refractivity contribution in [2.75, 3.05) is 11.9 Å². The molecule has 0 fully saturated rings. The van der Waals surface area contributed by atoms with E-state index >= 15 is 0 Å². The molecule has 0 spiro atoms. The van der Waals surface area contributed by atoms with Crippen LogP contribution < -0.4 is 5.32 Å². The Morgan fingerprint density at radius 3 is 2.67 bits per heavy atom. The van der Waals surface area contributed by atoms with Crippen molar-refractivity contribution in [1.82, 2.24) is 19.5 Å². The summed E-state index contributed by atoms with van der Waals surface area (Å²) in [5.41, 5.74) is 0. The van der Waals surface area contributed by atoms with Crippen molar-refractivity contribution >= 4 is 5.82 Å². The molecule has 2 aromatic heterocycles. The van der Waals surface area contributed by atoms with Gasteiger partial charge in [0.25, 0.3) is 0 Å². The molecule has 0 atom stereocenters. The lowest BCUT2D eigenvalue weighted by molar-refractivity contribution is -0.144. The average Bonchev–Trinajstić information content (AvgIpc) is 2.81. The Labute approximate surface area is 101 Å². The summed E-state index contributed by atoms with van der Waals surface area (Å²) in [5, 5.41) is 2.74. The molecule has 0 radical (unpaired) electrons. The van der Waals surface area contributed by atoms with Crippen molar-refractivity contribution in [3.63, 3.8) is 0 Å². The van der Waals surface area contributed by atoms with E-state index in [4.69, 9.17) is 0 Å². The summed E-state index contributed by atoms with van der Waals surface area (Å²) in [6.07, 6.45) is -0.237. The van der Waals surface area contributed by atoms with E-state index in [1.54, 1.807) is 6.92 Å². The Morgan fingerprint density at radius 2 is 2.11 bits per heavy atom. The summed E-state index contributed by atoms with van der Waals surface area (Å²) < 4.78 is 39.3. The van der Waals surface area contributed by atoms with Crippen molar-refractivity contribution in [2.24, 2.45) is 0 Å². The van der Waals surface area contributed by atoms with Crippen molar-refractivity contribution in [3.8, 4) is 5.82 Å². The number of halogens is 3. The van der Waals surface area contributed by atoms with Crippen LogP contribution in [0.3, 0.4) is 0 Å². The number of alkyl halides is 3. The number of rotatable bonds is 3. The third kappa shape index (κ3) is 2.58. The van der Waals surface area contributed by atoms with Crippen molar-refractivity contribution in [3.05, 3.63) is 30.6 Å². The predicted molar refractivity (Wildman–Crippen MR) is 58.3 cm³/mol. The minimum atomic E-state index is -4.58. The molecule has 0 aliphatic carbocycles. The van der Waals surface area contributed by atoms with Crippen molar-refractivity contribution in [2.45, 2.75) is 13.1 Å². The summed E-state index contributed by atoms with van der Waals surface area (Å²) in [6, 6.07) is 1.43. The smallest absolute Gasteiger partial charge is 0.370 e. The van der Waals surface area contributed by atoms with Gasteiger partial charge in [0.15, 0.2) is 0 Å². The van der Waals surface area contributed by atoms with Gasteiger partial charge in [-0.05, 0) is 6.92 Å². The van der Waals surface area contributed by atoms with Gasteiger partial charge in [-0.25, -0.2) is 15.0 Å². The zero-order valence-corrected chi connectivity index (χ0v) is 9.44. The van der Waals surface area contributed by atoms with Gasteiger partial charge >= 0.3 is 6.18 Å². The quantitative estimate of drug-likeness (QED) is 0.915. The molecule has 2 aromatic rings. The molecule has 0 aromatic carbocycles. The largest absolute Gasteiger partial charge is 0.451 e. The molecule has 2 rings (SSSR count). The molecule has 0 unspecified atom stereocenters. The van der Waals surface area contributed by atoms with Crippen molar-refractivity contribution in [1.29, 1.82) is 0 Å². The highest BCUT2D eigenvalue weighted by atomic mass is 19.4. The zero-order chi connectivity index (χ0) is 13.2. The highest BCUT2D eigenvalue weighted by molar-refractivity contribution is 5.41. The van der Waals surface area contributed by atoms with Crippen LogP contribution in [0.2, 0.25) is 0 Å². The third-order valence-corrected chi connectivity index (χ3v) is 2.09. The van der Waals surface area contributed by atoms with E-state index in [9.17, 15) is 13.2 Å². The summed E-state index contributed by atoms with van der Waals surface area (Å²) in [5.74, 6) is -0.932. The lowest BCUT2D eigenvalue weighted by atomic mass is 10.4. The number of anilines is 1. The topological polar surface area (TPSA) is 55.6 Å².